The summed E-state index contributed by atoms with van der Waals surface area (Å²) in [6, 6.07) is 0. The summed E-state index contributed by atoms with van der Waals surface area (Å²) in [7, 11) is 0. The zero-order chi connectivity index (χ0) is 15.6. The second kappa shape index (κ2) is 9.20. The zero-order valence-corrected chi connectivity index (χ0v) is 10.6. The average Bonchev–Trinajstić information content (AvgIpc) is 2.27. The van der Waals surface area contributed by atoms with Crippen LogP contribution < -0.4 is 5.73 Å². The van der Waals surface area contributed by atoms with E-state index in [1.807, 2.05) is 0 Å². The topological polar surface area (TPSA) is 166 Å². The molecule has 0 amide bonds. The van der Waals surface area contributed by atoms with Crippen LogP contribution in [-0.4, -0.2) is 78.4 Å². The molecular weight excluding hydrogens is 278 g/mol. The molecule has 116 valence electrons. The lowest BCUT2D eigenvalue weighted by Gasteiger charge is -2.28. The maximum Gasteiger partial charge on any atom is 0.329 e. The molecule has 0 aromatic rings. The summed E-state index contributed by atoms with van der Waals surface area (Å²) in [5.41, 5.74) is 4.46. The molecule has 0 aliphatic heterocycles. The fourth-order valence-corrected chi connectivity index (χ4v) is 1.15. The normalized spacial score (nSPS) is 11.2. The van der Waals surface area contributed by atoms with Crippen molar-refractivity contribution in [3.63, 3.8) is 0 Å². The predicted octanol–water partition coefficient (Wildman–Crippen LogP) is -2.01. The molecule has 0 heterocycles. The van der Waals surface area contributed by atoms with E-state index in [2.05, 4.69) is 0 Å². The first-order valence-corrected chi connectivity index (χ1v) is 5.43. The van der Waals surface area contributed by atoms with E-state index in [4.69, 9.17) is 35.3 Å². The third-order valence-electron chi connectivity index (χ3n) is 1.85. The molecule has 0 saturated carbocycles. The summed E-state index contributed by atoms with van der Waals surface area (Å²) in [6.07, 6.45) is 0. The van der Waals surface area contributed by atoms with Gasteiger partial charge in [0, 0.05) is 0 Å². The molecule has 0 spiro atoms. The van der Waals surface area contributed by atoms with Crippen LogP contribution in [-0.2, 0) is 28.6 Å². The summed E-state index contributed by atoms with van der Waals surface area (Å²) in [5.74, 6) is -3.61. The number of ether oxygens (including phenoxy) is 3. The highest BCUT2D eigenvalue weighted by Crippen LogP contribution is 2.04. The summed E-state index contributed by atoms with van der Waals surface area (Å²) in [4.78, 5) is 30.9. The molecule has 0 atom stereocenters. The van der Waals surface area contributed by atoms with E-state index in [1.54, 1.807) is 0 Å². The monoisotopic (exact) mass is 295 g/mol. The Morgan fingerprint density at radius 1 is 0.750 bits per heavy atom. The van der Waals surface area contributed by atoms with Gasteiger partial charge in [-0.25, -0.2) is 14.4 Å². The lowest BCUT2D eigenvalue weighted by atomic mass is 10.1. The molecule has 0 rings (SSSR count). The van der Waals surface area contributed by atoms with Gasteiger partial charge in [-0.1, -0.05) is 0 Å². The summed E-state index contributed by atoms with van der Waals surface area (Å²) in [5, 5.41) is 25.3. The minimum absolute atomic E-state index is 0.293. The summed E-state index contributed by atoms with van der Waals surface area (Å²) in [6.45, 7) is -2.68. The zero-order valence-electron chi connectivity index (χ0n) is 10.6. The van der Waals surface area contributed by atoms with E-state index in [1.165, 1.54) is 0 Å². The van der Waals surface area contributed by atoms with Gasteiger partial charge in [-0.2, -0.15) is 0 Å². The van der Waals surface area contributed by atoms with Crippen molar-refractivity contribution >= 4 is 17.9 Å². The number of carbonyl (C=O) groups is 3. The summed E-state index contributed by atoms with van der Waals surface area (Å²) >= 11 is 0. The maximum absolute atomic E-state index is 10.3. The van der Waals surface area contributed by atoms with Crippen LogP contribution >= 0.6 is 0 Å². The number of aliphatic carboxylic acids is 3. The quantitative estimate of drug-likeness (QED) is 0.316. The minimum atomic E-state index is -1.35. The molecule has 0 aromatic carbocycles. The lowest BCUT2D eigenvalue weighted by Crippen LogP contribution is -2.53. The molecule has 0 bridgehead atoms. The highest BCUT2D eigenvalue weighted by Gasteiger charge is 2.27. The number of hydrogen-bond donors (Lipinski definition) is 4. The molecule has 10 nitrogen and oxygen atoms in total. The first-order valence-electron chi connectivity index (χ1n) is 5.43. The average molecular weight is 295 g/mol. The molecule has 0 saturated heterocycles. The van der Waals surface area contributed by atoms with Gasteiger partial charge in [0.2, 0.25) is 0 Å². The molecule has 0 fully saturated rings. The predicted molar refractivity (Wildman–Crippen MR) is 62.3 cm³/mol. The number of carboxylic acids is 3. The third kappa shape index (κ3) is 10.2. The van der Waals surface area contributed by atoms with Crippen LogP contribution in [0.25, 0.3) is 0 Å². The van der Waals surface area contributed by atoms with Crippen molar-refractivity contribution in [1.82, 2.24) is 0 Å². The van der Waals surface area contributed by atoms with Gasteiger partial charge < -0.3 is 35.3 Å². The van der Waals surface area contributed by atoms with Gasteiger partial charge in [0.25, 0.3) is 0 Å². The van der Waals surface area contributed by atoms with Crippen LogP contribution in [0.1, 0.15) is 0 Å². The Labute approximate surface area is 114 Å². The number of hydrogen-bond acceptors (Lipinski definition) is 7. The number of carboxylic acid groups (broad SMARTS) is 3. The van der Waals surface area contributed by atoms with Gasteiger partial charge in [-0.15, -0.1) is 0 Å². The molecule has 0 radical (unpaired) electrons. The van der Waals surface area contributed by atoms with Crippen molar-refractivity contribution in [1.29, 1.82) is 0 Å². The molecule has 10 heteroatoms. The van der Waals surface area contributed by atoms with Crippen LogP contribution in [0.3, 0.4) is 0 Å². The molecule has 20 heavy (non-hydrogen) atoms. The Bertz CT molecular complexity index is 293. The van der Waals surface area contributed by atoms with Crippen molar-refractivity contribution in [2.45, 2.75) is 5.54 Å². The van der Waals surface area contributed by atoms with Crippen LogP contribution in [0, 0.1) is 0 Å². The Balaban J connectivity index is 4.28. The molecule has 0 unspecified atom stereocenters. The second-order valence-corrected chi connectivity index (χ2v) is 4.02. The van der Waals surface area contributed by atoms with Gasteiger partial charge >= 0.3 is 17.9 Å². The molecular formula is C10H17NO9. The Kier molecular flexibility index (Phi) is 8.40. The minimum Gasteiger partial charge on any atom is -0.480 e. The van der Waals surface area contributed by atoms with E-state index in [-0.39, 0.29) is 19.8 Å². The Morgan fingerprint density at radius 3 is 1.20 bits per heavy atom. The van der Waals surface area contributed by atoms with Gasteiger partial charge in [0.15, 0.2) is 0 Å². The van der Waals surface area contributed by atoms with E-state index < -0.39 is 43.3 Å². The maximum atomic E-state index is 10.3. The number of nitrogens with two attached hydrogens (primary N) is 1. The van der Waals surface area contributed by atoms with Gasteiger partial charge in [0.05, 0.1) is 25.4 Å². The highest BCUT2D eigenvalue weighted by molar-refractivity contribution is 5.68. The van der Waals surface area contributed by atoms with Crippen LogP contribution in [0.4, 0.5) is 0 Å². The lowest BCUT2D eigenvalue weighted by molar-refractivity contribution is -0.146. The van der Waals surface area contributed by atoms with E-state index in [9.17, 15) is 14.4 Å². The molecule has 0 aliphatic carbocycles. The first kappa shape index (κ1) is 18.2. The molecule has 5 N–H and O–H groups in total. The SMILES string of the molecule is NC(COCC(=O)O)(COCC(=O)O)COCC(=O)O. The Morgan fingerprint density at radius 2 is 1.00 bits per heavy atom. The smallest absolute Gasteiger partial charge is 0.329 e. The summed E-state index contributed by atoms with van der Waals surface area (Å²) < 4.78 is 14.4. The van der Waals surface area contributed by atoms with Crippen molar-refractivity contribution in [3.8, 4) is 0 Å². The van der Waals surface area contributed by atoms with Gasteiger partial charge in [-0.3, -0.25) is 0 Å². The van der Waals surface area contributed by atoms with E-state index >= 15 is 0 Å². The second-order valence-electron chi connectivity index (χ2n) is 4.02. The standard InChI is InChI=1S/C10H17NO9/c11-10(4-18-1-7(12)13,5-19-2-8(14)15)6-20-3-9(16)17/h1-6,11H2,(H,12,13)(H,14,15)(H,16,17). The fourth-order valence-electron chi connectivity index (χ4n) is 1.15. The molecule has 0 aromatic heterocycles. The first-order chi connectivity index (χ1) is 9.25. The van der Waals surface area contributed by atoms with Crippen molar-refractivity contribution in [2.75, 3.05) is 39.6 Å². The van der Waals surface area contributed by atoms with Crippen LogP contribution in [0.5, 0.6) is 0 Å². The number of rotatable bonds is 12. The highest BCUT2D eigenvalue weighted by atomic mass is 16.5. The Hall–Kier alpha value is -1.75. The fraction of sp³-hybridized carbons (Fsp3) is 0.700. The van der Waals surface area contributed by atoms with Crippen LogP contribution in [0.15, 0.2) is 0 Å². The van der Waals surface area contributed by atoms with Crippen molar-refractivity contribution < 1.29 is 43.9 Å². The van der Waals surface area contributed by atoms with Crippen LogP contribution in [0.2, 0.25) is 0 Å². The van der Waals surface area contributed by atoms with Crippen molar-refractivity contribution in [3.05, 3.63) is 0 Å². The van der Waals surface area contributed by atoms with Gasteiger partial charge in [-0.05, 0) is 0 Å². The van der Waals surface area contributed by atoms with Gasteiger partial charge in [0.1, 0.15) is 19.8 Å². The van der Waals surface area contributed by atoms with E-state index in [0.717, 1.165) is 0 Å². The van der Waals surface area contributed by atoms with E-state index in [0.29, 0.717) is 0 Å². The molecule has 0 aliphatic rings. The largest absolute Gasteiger partial charge is 0.480 e. The van der Waals surface area contributed by atoms with Crippen molar-refractivity contribution in [2.24, 2.45) is 5.73 Å². The third-order valence-corrected chi connectivity index (χ3v) is 1.85.